The first-order valence-electron chi connectivity index (χ1n) is 7.53. The molecule has 0 radical (unpaired) electrons. The Kier molecular flexibility index (Phi) is 4.48. The van der Waals surface area contributed by atoms with Gasteiger partial charge in [-0.25, -0.2) is 0 Å². The van der Waals surface area contributed by atoms with Gasteiger partial charge in [0.1, 0.15) is 0 Å². The van der Waals surface area contributed by atoms with Crippen LogP contribution in [0, 0.1) is 17.3 Å². The molecule has 0 bridgehead atoms. The van der Waals surface area contributed by atoms with E-state index in [0.29, 0.717) is 5.41 Å². The molecular formula is C15H30N2. The van der Waals surface area contributed by atoms with Gasteiger partial charge in [0.25, 0.3) is 0 Å². The van der Waals surface area contributed by atoms with Crippen LogP contribution in [0.2, 0.25) is 0 Å². The first kappa shape index (κ1) is 13.4. The zero-order valence-electron chi connectivity index (χ0n) is 11.8. The Labute approximate surface area is 107 Å². The van der Waals surface area contributed by atoms with Crippen LogP contribution in [-0.4, -0.2) is 31.1 Å². The zero-order valence-corrected chi connectivity index (χ0v) is 11.8. The van der Waals surface area contributed by atoms with E-state index in [1.54, 1.807) is 0 Å². The molecule has 0 aromatic rings. The van der Waals surface area contributed by atoms with Gasteiger partial charge in [0.15, 0.2) is 0 Å². The molecule has 2 heteroatoms. The van der Waals surface area contributed by atoms with Crippen molar-refractivity contribution in [3.8, 4) is 0 Å². The summed E-state index contributed by atoms with van der Waals surface area (Å²) < 4.78 is 0. The molecule has 0 amide bonds. The fraction of sp³-hybridized carbons (Fsp3) is 1.00. The molecule has 2 aliphatic rings. The van der Waals surface area contributed by atoms with E-state index in [2.05, 4.69) is 18.7 Å². The van der Waals surface area contributed by atoms with Crippen molar-refractivity contribution in [3.63, 3.8) is 0 Å². The summed E-state index contributed by atoms with van der Waals surface area (Å²) >= 11 is 0. The van der Waals surface area contributed by atoms with E-state index in [9.17, 15) is 0 Å². The Morgan fingerprint density at radius 2 is 1.82 bits per heavy atom. The molecule has 1 saturated heterocycles. The van der Waals surface area contributed by atoms with Gasteiger partial charge in [-0.3, -0.25) is 0 Å². The number of fused-ring (bicyclic) bond motifs is 1. The minimum atomic E-state index is 0.399. The molecule has 2 unspecified atom stereocenters. The normalized spacial score (nSPS) is 31.2. The van der Waals surface area contributed by atoms with E-state index in [1.807, 2.05) is 0 Å². The van der Waals surface area contributed by atoms with E-state index in [0.717, 1.165) is 24.8 Å². The van der Waals surface area contributed by atoms with Gasteiger partial charge < -0.3 is 10.6 Å². The fourth-order valence-corrected chi connectivity index (χ4v) is 3.89. The Morgan fingerprint density at radius 1 is 1.12 bits per heavy atom. The van der Waals surface area contributed by atoms with Gasteiger partial charge >= 0.3 is 0 Å². The van der Waals surface area contributed by atoms with E-state index >= 15 is 0 Å². The van der Waals surface area contributed by atoms with Gasteiger partial charge in [-0.15, -0.1) is 0 Å². The largest absolute Gasteiger partial charge is 0.330 e. The number of rotatable bonds is 4. The van der Waals surface area contributed by atoms with Gasteiger partial charge in [0, 0.05) is 13.1 Å². The molecule has 2 N–H and O–H groups in total. The second-order valence-electron chi connectivity index (χ2n) is 7.03. The predicted octanol–water partition coefficient (Wildman–Crippen LogP) is 2.87. The minimum absolute atomic E-state index is 0.399. The molecule has 1 aliphatic heterocycles. The molecule has 1 saturated carbocycles. The van der Waals surface area contributed by atoms with Crippen LogP contribution in [0.4, 0.5) is 0 Å². The van der Waals surface area contributed by atoms with Gasteiger partial charge in [-0.05, 0) is 49.6 Å². The Morgan fingerprint density at radius 3 is 2.53 bits per heavy atom. The lowest BCUT2D eigenvalue weighted by atomic mass is 9.74. The first-order valence-corrected chi connectivity index (χ1v) is 7.53. The average molecular weight is 238 g/mol. The average Bonchev–Trinajstić information content (AvgIpc) is 2.28. The van der Waals surface area contributed by atoms with Crippen molar-refractivity contribution in [2.24, 2.45) is 23.0 Å². The molecular weight excluding hydrogens is 208 g/mol. The number of nitrogens with two attached hydrogens (primary N) is 1. The number of piperidine rings is 1. The number of hydrogen-bond donors (Lipinski definition) is 1. The van der Waals surface area contributed by atoms with Crippen LogP contribution in [0.5, 0.6) is 0 Å². The third kappa shape index (κ3) is 3.69. The van der Waals surface area contributed by atoms with Gasteiger partial charge in [-0.2, -0.15) is 0 Å². The molecule has 17 heavy (non-hydrogen) atoms. The summed E-state index contributed by atoms with van der Waals surface area (Å²) in [5, 5.41) is 0. The van der Waals surface area contributed by atoms with Crippen LogP contribution < -0.4 is 5.73 Å². The maximum Gasteiger partial charge on any atom is 0.00333 e. The maximum atomic E-state index is 5.71. The van der Waals surface area contributed by atoms with Crippen molar-refractivity contribution >= 4 is 0 Å². The minimum Gasteiger partial charge on any atom is -0.330 e. The lowest BCUT2D eigenvalue weighted by molar-refractivity contribution is 0.0589. The summed E-state index contributed by atoms with van der Waals surface area (Å²) in [5.74, 6) is 2.06. The third-order valence-corrected chi connectivity index (χ3v) is 4.85. The standard InChI is InChI=1S/C15H30N2/c1-15(2,8-9-16)12-17-10-7-13-5-3-4-6-14(13)11-17/h13-14H,3-12,16H2,1-2H3. The van der Waals surface area contributed by atoms with Gasteiger partial charge in [0.05, 0.1) is 0 Å². The Balaban J connectivity index is 1.83. The van der Waals surface area contributed by atoms with Crippen molar-refractivity contribution in [2.45, 2.75) is 52.4 Å². The second-order valence-corrected chi connectivity index (χ2v) is 7.03. The fourth-order valence-electron chi connectivity index (χ4n) is 3.89. The van der Waals surface area contributed by atoms with Crippen molar-refractivity contribution in [2.75, 3.05) is 26.2 Å². The lowest BCUT2D eigenvalue weighted by Crippen LogP contribution is -2.45. The van der Waals surface area contributed by atoms with Crippen molar-refractivity contribution in [1.29, 1.82) is 0 Å². The summed E-state index contributed by atoms with van der Waals surface area (Å²) in [6.45, 7) is 9.49. The van der Waals surface area contributed by atoms with Crippen LogP contribution in [-0.2, 0) is 0 Å². The van der Waals surface area contributed by atoms with Gasteiger partial charge in [-0.1, -0.05) is 33.1 Å². The van der Waals surface area contributed by atoms with E-state index < -0.39 is 0 Å². The molecule has 2 fully saturated rings. The number of nitrogens with zero attached hydrogens (tertiary/aromatic N) is 1. The first-order chi connectivity index (χ1) is 8.11. The van der Waals surface area contributed by atoms with Crippen LogP contribution in [0.1, 0.15) is 52.4 Å². The quantitative estimate of drug-likeness (QED) is 0.816. The highest BCUT2D eigenvalue weighted by Crippen LogP contribution is 2.37. The zero-order chi connectivity index (χ0) is 12.3. The highest BCUT2D eigenvalue weighted by molar-refractivity contribution is 4.85. The van der Waals surface area contributed by atoms with Crippen LogP contribution >= 0.6 is 0 Å². The summed E-state index contributed by atoms with van der Waals surface area (Å²) in [6, 6.07) is 0. The summed E-state index contributed by atoms with van der Waals surface area (Å²) in [5.41, 5.74) is 6.11. The predicted molar refractivity (Wildman–Crippen MR) is 74.0 cm³/mol. The van der Waals surface area contributed by atoms with Gasteiger partial charge in [0.2, 0.25) is 0 Å². The molecule has 0 aromatic carbocycles. The molecule has 2 atom stereocenters. The van der Waals surface area contributed by atoms with E-state index in [1.165, 1.54) is 51.7 Å². The summed E-state index contributed by atoms with van der Waals surface area (Å²) in [6.07, 6.45) is 8.55. The van der Waals surface area contributed by atoms with Crippen LogP contribution in [0.3, 0.4) is 0 Å². The molecule has 2 rings (SSSR count). The topological polar surface area (TPSA) is 29.3 Å². The van der Waals surface area contributed by atoms with Crippen molar-refractivity contribution < 1.29 is 0 Å². The molecule has 1 heterocycles. The van der Waals surface area contributed by atoms with E-state index in [4.69, 9.17) is 5.73 Å². The molecule has 1 aliphatic carbocycles. The third-order valence-electron chi connectivity index (χ3n) is 4.85. The maximum absolute atomic E-state index is 5.71. The molecule has 0 aromatic heterocycles. The monoisotopic (exact) mass is 238 g/mol. The summed E-state index contributed by atoms with van der Waals surface area (Å²) in [4.78, 5) is 2.71. The molecule has 0 spiro atoms. The number of hydrogen-bond acceptors (Lipinski definition) is 2. The lowest BCUT2D eigenvalue weighted by Gasteiger charge is -2.43. The van der Waals surface area contributed by atoms with Crippen LogP contribution in [0.15, 0.2) is 0 Å². The second kappa shape index (κ2) is 5.71. The van der Waals surface area contributed by atoms with Crippen molar-refractivity contribution in [3.05, 3.63) is 0 Å². The molecule has 2 nitrogen and oxygen atoms in total. The Hall–Kier alpha value is -0.0800. The summed E-state index contributed by atoms with van der Waals surface area (Å²) in [7, 11) is 0. The smallest absolute Gasteiger partial charge is 0.00333 e. The van der Waals surface area contributed by atoms with E-state index in [-0.39, 0.29) is 0 Å². The molecule has 100 valence electrons. The van der Waals surface area contributed by atoms with Crippen molar-refractivity contribution in [1.82, 2.24) is 4.90 Å². The SMILES string of the molecule is CC(C)(CCN)CN1CCC2CCCCC2C1. The van der Waals surface area contributed by atoms with Crippen LogP contribution in [0.25, 0.3) is 0 Å². The highest BCUT2D eigenvalue weighted by atomic mass is 15.1. The Bertz CT molecular complexity index is 237. The highest BCUT2D eigenvalue weighted by Gasteiger charge is 2.32. The number of likely N-dealkylation sites (tertiary alicyclic amines) is 1.